The number of hydrogen-bond acceptors (Lipinski definition) is 9. The van der Waals surface area contributed by atoms with E-state index in [1.165, 1.54) is 27.7 Å². The molecule has 0 N–H and O–H groups in total. The maximum Gasteiger partial charge on any atom is 0.460 e. The van der Waals surface area contributed by atoms with Gasteiger partial charge < -0.3 is 18.1 Å². The summed E-state index contributed by atoms with van der Waals surface area (Å²) in [6.45, 7) is 3.65. The highest BCUT2D eigenvalue weighted by Crippen LogP contribution is 2.52. The van der Waals surface area contributed by atoms with Crippen molar-refractivity contribution >= 4 is 32.0 Å². The summed E-state index contributed by atoms with van der Waals surface area (Å²) in [7, 11) is -9.46. The average Bonchev–Trinajstić information content (AvgIpc) is 3.14. The molecule has 0 aliphatic rings. The summed E-state index contributed by atoms with van der Waals surface area (Å²) in [6.07, 6.45) is -6.83. The van der Waals surface area contributed by atoms with Crippen molar-refractivity contribution in [2.24, 2.45) is 0 Å². The van der Waals surface area contributed by atoms with Gasteiger partial charge in [0.15, 0.2) is 0 Å². The van der Waals surface area contributed by atoms with E-state index in [1.807, 2.05) is 0 Å². The Morgan fingerprint density at radius 3 is 1.30 bits per heavy atom. The van der Waals surface area contributed by atoms with E-state index < -0.39 is 54.8 Å². The van der Waals surface area contributed by atoms with Crippen LogP contribution >= 0.6 is 15.2 Å². The first kappa shape index (κ1) is 29.7. The summed E-state index contributed by atoms with van der Waals surface area (Å²) < 4.78 is 138. The molecule has 0 saturated heterocycles. The Hall–Kier alpha value is -1.38. The lowest BCUT2D eigenvalue weighted by Gasteiger charge is -2.26. The molecule has 19 heteroatoms. The molecule has 1 aromatic heterocycles. The van der Waals surface area contributed by atoms with Gasteiger partial charge in [-0.25, -0.2) is 0 Å². The second-order valence-corrected chi connectivity index (χ2v) is 9.62. The van der Waals surface area contributed by atoms with E-state index in [0.29, 0.717) is 0 Å². The number of nitrogens with zero attached hydrogens (tertiary/aromatic N) is 3. The Bertz CT molecular complexity index is 871. The summed E-state index contributed by atoms with van der Waals surface area (Å²) in [5.41, 5.74) is -2.40. The highest BCUT2D eigenvalue weighted by molar-refractivity contribution is 7.68. The van der Waals surface area contributed by atoms with Gasteiger partial charge in [-0.05, 0) is 27.7 Å². The SMILES string of the molecule is CCOP(=O)(OCC)c1nn(C(=O)C(F)(F)C(F)(F)C(F)(F)F)nc1P(=O)(OCC)OCC. The number of aromatic nitrogens is 3. The minimum Gasteiger partial charge on any atom is -0.304 e. The van der Waals surface area contributed by atoms with Gasteiger partial charge in [-0.2, -0.15) is 30.7 Å². The molecule has 0 bridgehead atoms. The highest BCUT2D eigenvalue weighted by atomic mass is 31.2. The fourth-order valence-electron chi connectivity index (χ4n) is 2.17. The monoisotopic (exact) mass is 537 g/mol. The van der Waals surface area contributed by atoms with Crippen LogP contribution < -0.4 is 10.9 Å². The van der Waals surface area contributed by atoms with Crippen LogP contribution in [-0.4, -0.2) is 65.3 Å². The quantitative estimate of drug-likeness (QED) is 0.292. The van der Waals surface area contributed by atoms with Crippen LogP contribution in [0.25, 0.3) is 0 Å². The van der Waals surface area contributed by atoms with Crippen molar-refractivity contribution < 1.29 is 62.8 Å². The largest absolute Gasteiger partial charge is 0.460 e. The fraction of sp³-hybridized carbons (Fsp3) is 0.786. The van der Waals surface area contributed by atoms with Crippen molar-refractivity contribution in [1.29, 1.82) is 0 Å². The van der Waals surface area contributed by atoms with Gasteiger partial charge in [0, 0.05) is 0 Å². The second kappa shape index (κ2) is 10.5. The zero-order chi connectivity index (χ0) is 25.9. The van der Waals surface area contributed by atoms with Gasteiger partial charge in [0.25, 0.3) is 0 Å². The zero-order valence-corrected chi connectivity index (χ0v) is 19.4. The van der Waals surface area contributed by atoms with Gasteiger partial charge in [-0.15, -0.1) is 15.0 Å². The van der Waals surface area contributed by atoms with Crippen molar-refractivity contribution in [3.63, 3.8) is 0 Å². The molecule has 0 radical (unpaired) electrons. The molecule has 33 heavy (non-hydrogen) atoms. The predicted octanol–water partition coefficient (Wildman–Crippen LogP) is 3.53. The van der Waals surface area contributed by atoms with Crippen LogP contribution in [0.3, 0.4) is 0 Å². The first-order chi connectivity index (χ1) is 15.0. The molecule has 1 aromatic rings. The maximum absolute atomic E-state index is 13.9. The second-order valence-electron chi connectivity index (χ2n) is 5.75. The third kappa shape index (κ3) is 5.65. The van der Waals surface area contributed by atoms with Crippen LogP contribution in [-0.2, 0) is 27.2 Å². The topological polar surface area (TPSA) is 119 Å². The molecular weight excluding hydrogens is 517 g/mol. The van der Waals surface area contributed by atoms with Gasteiger partial charge in [-0.1, -0.05) is 0 Å². The third-order valence-electron chi connectivity index (χ3n) is 3.49. The van der Waals surface area contributed by atoms with Gasteiger partial charge in [0.05, 0.1) is 26.4 Å². The number of carbonyl (C=O) groups excluding carboxylic acids is 1. The number of carbonyl (C=O) groups is 1. The number of alkyl halides is 7. The van der Waals surface area contributed by atoms with Crippen LogP contribution in [0.1, 0.15) is 32.5 Å². The number of rotatable bonds is 12. The molecule has 0 aliphatic carbocycles. The Morgan fingerprint density at radius 1 is 0.758 bits per heavy atom. The van der Waals surface area contributed by atoms with Gasteiger partial charge in [0.1, 0.15) is 0 Å². The highest BCUT2D eigenvalue weighted by Gasteiger charge is 2.77. The molecule has 1 heterocycles. The van der Waals surface area contributed by atoms with Crippen LogP contribution in [0.15, 0.2) is 0 Å². The summed E-state index contributed by atoms with van der Waals surface area (Å²) in [4.78, 5) is 11.1. The van der Waals surface area contributed by atoms with Crippen molar-refractivity contribution in [2.75, 3.05) is 26.4 Å². The summed E-state index contributed by atoms with van der Waals surface area (Å²) in [5.74, 6) is -16.5. The molecule has 192 valence electrons. The molecule has 0 atom stereocenters. The minimum absolute atomic E-state index is 0.382. The van der Waals surface area contributed by atoms with E-state index >= 15 is 0 Å². The van der Waals surface area contributed by atoms with Crippen LogP contribution in [0.4, 0.5) is 30.7 Å². The minimum atomic E-state index is -6.84. The number of halogens is 7. The van der Waals surface area contributed by atoms with Crippen molar-refractivity contribution in [1.82, 2.24) is 15.0 Å². The van der Waals surface area contributed by atoms with Gasteiger partial charge in [0.2, 0.25) is 10.9 Å². The van der Waals surface area contributed by atoms with E-state index in [0.717, 1.165) is 0 Å². The number of hydrogen-bond donors (Lipinski definition) is 0. The van der Waals surface area contributed by atoms with E-state index in [1.54, 1.807) is 0 Å². The molecule has 10 nitrogen and oxygen atoms in total. The molecule has 0 saturated carbocycles. The molecule has 1 rings (SSSR count). The normalized spacial score (nSPS) is 14.0. The van der Waals surface area contributed by atoms with Crippen molar-refractivity contribution in [2.45, 2.75) is 45.7 Å². The molecule has 0 fully saturated rings. The van der Waals surface area contributed by atoms with E-state index in [4.69, 9.17) is 18.1 Å². The van der Waals surface area contributed by atoms with Gasteiger partial charge >= 0.3 is 39.1 Å². The Balaban J connectivity index is 3.86. The van der Waals surface area contributed by atoms with Crippen LogP contribution in [0, 0.1) is 0 Å². The Kier molecular flexibility index (Phi) is 9.42. The lowest BCUT2D eigenvalue weighted by Crippen LogP contribution is -2.57. The van der Waals surface area contributed by atoms with Gasteiger partial charge in [-0.3, -0.25) is 13.9 Å². The first-order valence-electron chi connectivity index (χ1n) is 9.12. The van der Waals surface area contributed by atoms with Crippen LogP contribution in [0.2, 0.25) is 0 Å². The van der Waals surface area contributed by atoms with Crippen molar-refractivity contribution in [3.8, 4) is 0 Å². The van der Waals surface area contributed by atoms with Crippen molar-refractivity contribution in [3.05, 3.63) is 0 Å². The summed E-state index contributed by atoms with van der Waals surface area (Å²) in [5, 5.41) is 6.08. The first-order valence-corrected chi connectivity index (χ1v) is 12.2. The standard InChI is InChI=1S/C14H20F7N3O7P2/c1-5-28-32(26,29-6-2)9-10(33(27,30-7-3)31-8-4)23-24(22-9)11(25)12(15,16)13(17,18)14(19,20)21/h5-8H2,1-4H3. The molecule has 0 unspecified atom stereocenters. The van der Waals surface area contributed by atoms with Crippen LogP contribution in [0.5, 0.6) is 0 Å². The third-order valence-corrected chi connectivity index (χ3v) is 7.70. The molecular formula is C14H20F7N3O7P2. The predicted molar refractivity (Wildman–Crippen MR) is 97.6 cm³/mol. The maximum atomic E-state index is 13.9. The molecule has 0 amide bonds. The fourth-order valence-corrected chi connectivity index (χ4v) is 5.87. The molecule has 0 aromatic carbocycles. The smallest absolute Gasteiger partial charge is 0.304 e. The summed E-state index contributed by atoms with van der Waals surface area (Å²) >= 11 is 0. The lowest BCUT2D eigenvalue weighted by atomic mass is 10.1. The average molecular weight is 537 g/mol. The zero-order valence-electron chi connectivity index (χ0n) is 17.6. The lowest BCUT2D eigenvalue weighted by molar-refractivity contribution is -0.340. The van der Waals surface area contributed by atoms with E-state index in [-0.39, 0.29) is 26.4 Å². The van der Waals surface area contributed by atoms with E-state index in [9.17, 15) is 44.7 Å². The Labute approximate surface area is 182 Å². The summed E-state index contributed by atoms with van der Waals surface area (Å²) in [6, 6.07) is 0. The molecule has 0 aliphatic heterocycles. The van der Waals surface area contributed by atoms with E-state index in [2.05, 4.69) is 10.2 Å². The Morgan fingerprint density at radius 2 is 1.06 bits per heavy atom. The molecule has 0 spiro atoms.